The molecule has 2 aromatic rings. The van der Waals surface area contributed by atoms with Gasteiger partial charge in [-0.1, -0.05) is 39.3 Å². The first kappa shape index (κ1) is 18.2. The Hall–Kier alpha value is -2.16. The van der Waals surface area contributed by atoms with Crippen molar-refractivity contribution in [1.29, 1.82) is 0 Å². The van der Waals surface area contributed by atoms with E-state index in [2.05, 4.69) is 50.4 Å². The van der Waals surface area contributed by atoms with Crippen LogP contribution < -0.4 is 10.1 Å². The van der Waals surface area contributed by atoms with Crippen LogP contribution in [0.3, 0.4) is 0 Å². The first-order valence-electron chi connectivity index (χ1n) is 8.80. The lowest BCUT2D eigenvalue weighted by molar-refractivity contribution is 0.327. The Labute approximate surface area is 145 Å². The molecule has 2 aromatic carbocycles. The van der Waals surface area contributed by atoms with E-state index in [1.54, 1.807) is 0 Å². The maximum Gasteiger partial charge on any atom is 0.123 e. The van der Waals surface area contributed by atoms with Gasteiger partial charge in [0.15, 0.2) is 0 Å². The first-order valence-corrected chi connectivity index (χ1v) is 8.80. The van der Waals surface area contributed by atoms with Gasteiger partial charge in [0.25, 0.3) is 0 Å². The number of aromatic hydroxyl groups is 1. The second-order valence-electron chi connectivity index (χ2n) is 6.56. The third-order valence-corrected chi connectivity index (χ3v) is 4.10. The van der Waals surface area contributed by atoms with Gasteiger partial charge in [-0.15, -0.1) is 0 Å². The first-order chi connectivity index (χ1) is 11.5. The summed E-state index contributed by atoms with van der Waals surface area (Å²) in [6, 6.07) is 12.3. The van der Waals surface area contributed by atoms with Crippen molar-refractivity contribution in [3.05, 3.63) is 53.1 Å². The smallest absolute Gasteiger partial charge is 0.123 e. The summed E-state index contributed by atoms with van der Waals surface area (Å²) in [6.45, 7) is 9.63. The van der Waals surface area contributed by atoms with Gasteiger partial charge in [0.05, 0.1) is 0 Å². The Morgan fingerprint density at radius 3 is 2.67 bits per heavy atom. The SMILES string of the molecule is CCCc1cccc(NCCOc2cc(C)c(O)cc2C(C)C)c1. The summed E-state index contributed by atoms with van der Waals surface area (Å²) in [5.74, 6) is 1.50. The fraction of sp³-hybridized carbons (Fsp3) is 0.429. The summed E-state index contributed by atoms with van der Waals surface area (Å²) in [6.07, 6.45) is 2.27. The quantitative estimate of drug-likeness (QED) is 0.649. The number of phenols is 1. The molecule has 3 heteroatoms. The normalized spacial score (nSPS) is 10.9. The second-order valence-corrected chi connectivity index (χ2v) is 6.56. The monoisotopic (exact) mass is 327 g/mol. The highest BCUT2D eigenvalue weighted by molar-refractivity contribution is 5.47. The molecule has 130 valence electrons. The molecule has 0 aliphatic heterocycles. The van der Waals surface area contributed by atoms with Crippen LogP contribution in [0.1, 0.15) is 49.8 Å². The minimum absolute atomic E-state index is 0.310. The zero-order valence-electron chi connectivity index (χ0n) is 15.2. The molecule has 24 heavy (non-hydrogen) atoms. The van der Waals surface area contributed by atoms with Crippen LogP contribution in [0.15, 0.2) is 36.4 Å². The topological polar surface area (TPSA) is 41.5 Å². The number of ether oxygens (including phenoxy) is 1. The lowest BCUT2D eigenvalue weighted by Gasteiger charge is -2.16. The maximum absolute atomic E-state index is 9.90. The van der Waals surface area contributed by atoms with E-state index in [1.165, 1.54) is 5.56 Å². The molecule has 0 amide bonds. The van der Waals surface area contributed by atoms with Crippen LogP contribution in [0, 0.1) is 6.92 Å². The lowest BCUT2D eigenvalue weighted by atomic mass is 10.00. The summed E-state index contributed by atoms with van der Waals surface area (Å²) in [5, 5.41) is 13.3. The average molecular weight is 327 g/mol. The van der Waals surface area contributed by atoms with Crippen molar-refractivity contribution in [2.45, 2.75) is 46.5 Å². The van der Waals surface area contributed by atoms with E-state index in [4.69, 9.17) is 4.74 Å². The van der Waals surface area contributed by atoms with E-state index < -0.39 is 0 Å². The molecule has 0 saturated carbocycles. The molecule has 0 fully saturated rings. The van der Waals surface area contributed by atoms with Crippen LogP contribution in [0.5, 0.6) is 11.5 Å². The van der Waals surface area contributed by atoms with Gasteiger partial charge in [0.2, 0.25) is 0 Å². The molecule has 0 aliphatic carbocycles. The molecular weight excluding hydrogens is 298 g/mol. The lowest BCUT2D eigenvalue weighted by Crippen LogP contribution is -2.12. The maximum atomic E-state index is 9.90. The summed E-state index contributed by atoms with van der Waals surface area (Å²) in [7, 11) is 0. The Balaban J connectivity index is 1.93. The fourth-order valence-corrected chi connectivity index (χ4v) is 2.74. The summed E-state index contributed by atoms with van der Waals surface area (Å²) in [4.78, 5) is 0. The van der Waals surface area contributed by atoms with Crippen LogP contribution in [-0.2, 0) is 6.42 Å². The van der Waals surface area contributed by atoms with E-state index >= 15 is 0 Å². The molecule has 3 nitrogen and oxygen atoms in total. The second kappa shape index (κ2) is 8.62. The van der Waals surface area contributed by atoms with Gasteiger partial charge < -0.3 is 15.2 Å². The van der Waals surface area contributed by atoms with E-state index in [-0.39, 0.29) is 0 Å². The number of rotatable bonds is 8. The standard InChI is InChI=1S/C21H29NO2/c1-5-7-17-8-6-9-18(13-17)22-10-11-24-21-12-16(4)20(23)14-19(21)15(2)3/h6,8-9,12-15,22-23H,5,7,10-11H2,1-4H3. The zero-order chi connectivity index (χ0) is 17.5. The Morgan fingerprint density at radius 2 is 1.96 bits per heavy atom. The molecule has 0 radical (unpaired) electrons. The van der Waals surface area contributed by atoms with Crippen LogP contribution in [-0.4, -0.2) is 18.3 Å². The van der Waals surface area contributed by atoms with Crippen LogP contribution in [0.2, 0.25) is 0 Å². The van der Waals surface area contributed by atoms with Gasteiger partial charge in [-0.25, -0.2) is 0 Å². The van der Waals surface area contributed by atoms with Gasteiger partial charge in [0, 0.05) is 17.8 Å². The zero-order valence-corrected chi connectivity index (χ0v) is 15.2. The number of benzene rings is 2. The molecular formula is C21H29NO2. The van der Waals surface area contributed by atoms with Gasteiger partial charge in [-0.3, -0.25) is 0 Å². The molecule has 0 spiro atoms. The molecule has 0 heterocycles. The molecule has 0 atom stereocenters. The highest BCUT2D eigenvalue weighted by Crippen LogP contribution is 2.32. The van der Waals surface area contributed by atoms with Crippen molar-refractivity contribution in [3.8, 4) is 11.5 Å². The fourth-order valence-electron chi connectivity index (χ4n) is 2.74. The third kappa shape index (κ3) is 4.92. The largest absolute Gasteiger partial charge is 0.508 e. The number of anilines is 1. The van der Waals surface area contributed by atoms with E-state index in [0.717, 1.165) is 42.0 Å². The number of phenolic OH excluding ortho intramolecular Hbond substituents is 1. The Bertz CT molecular complexity index is 665. The summed E-state index contributed by atoms with van der Waals surface area (Å²) >= 11 is 0. The van der Waals surface area contributed by atoms with Crippen LogP contribution in [0.4, 0.5) is 5.69 Å². The van der Waals surface area contributed by atoms with Crippen molar-refractivity contribution in [2.75, 3.05) is 18.5 Å². The minimum atomic E-state index is 0.310. The van der Waals surface area contributed by atoms with E-state index in [1.807, 2.05) is 19.1 Å². The van der Waals surface area contributed by atoms with Crippen LogP contribution >= 0.6 is 0 Å². The summed E-state index contributed by atoms with van der Waals surface area (Å²) < 4.78 is 5.96. The van der Waals surface area contributed by atoms with E-state index in [0.29, 0.717) is 18.3 Å². The van der Waals surface area contributed by atoms with Gasteiger partial charge in [-0.2, -0.15) is 0 Å². The average Bonchev–Trinajstić information content (AvgIpc) is 2.55. The molecule has 0 saturated heterocycles. The third-order valence-electron chi connectivity index (χ3n) is 4.10. The molecule has 2 rings (SSSR count). The Kier molecular flexibility index (Phi) is 6.53. The van der Waals surface area contributed by atoms with Crippen molar-refractivity contribution in [3.63, 3.8) is 0 Å². The number of hydrogen-bond donors (Lipinski definition) is 2. The molecule has 0 unspecified atom stereocenters. The predicted octanol–water partition coefficient (Wildman–Crippen LogP) is 5.27. The molecule has 0 bridgehead atoms. The van der Waals surface area contributed by atoms with Crippen molar-refractivity contribution < 1.29 is 9.84 Å². The molecule has 0 aliphatic rings. The predicted molar refractivity (Wildman–Crippen MR) is 101 cm³/mol. The number of nitrogens with one attached hydrogen (secondary N) is 1. The highest BCUT2D eigenvalue weighted by Gasteiger charge is 2.11. The van der Waals surface area contributed by atoms with Crippen molar-refractivity contribution in [1.82, 2.24) is 0 Å². The van der Waals surface area contributed by atoms with Gasteiger partial charge >= 0.3 is 0 Å². The summed E-state index contributed by atoms with van der Waals surface area (Å²) in [5.41, 5.74) is 4.38. The number of hydrogen-bond acceptors (Lipinski definition) is 3. The highest BCUT2D eigenvalue weighted by atomic mass is 16.5. The van der Waals surface area contributed by atoms with Gasteiger partial charge in [-0.05, 0) is 54.7 Å². The Morgan fingerprint density at radius 1 is 1.17 bits per heavy atom. The molecule has 2 N–H and O–H groups in total. The number of aryl methyl sites for hydroxylation is 2. The minimum Gasteiger partial charge on any atom is -0.508 e. The van der Waals surface area contributed by atoms with Crippen LogP contribution in [0.25, 0.3) is 0 Å². The van der Waals surface area contributed by atoms with Crippen molar-refractivity contribution >= 4 is 5.69 Å². The van der Waals surface area contributed by atoms with E-state index in [9.17, 15) is 5.11 Å². The van der Waals surface area contributed by atoms with Crippen molar-refractivity contribution in [2.24, 2.45) is 0 Å². The van der Waals surface area contributed by atoms with Gasteiger partial charge in [0.1, 0.15) is 18.1 Å². The molecule has 0 aromatic heterocycles.